The lowest BCUT2D eigenvalue weighted by molar-refractivity contribution is 0.0378. The number of carbonyl (C=O) groups is 2. The number of aromatic nitrogens is 1. The van der Waals surface area contributed by atoms with Crippen LogP contribution in [0.4, 0.5) is 0 Å². The average molecular weight is 482 g/mol. The number of hydrazone groups is 1. The molecule has 31 heavy (non-hydrogen) atoms. The van der Waals surface area contributed by atoms with Gasteiger partial charge in [0.1, 0.15) is 0 Å². The third kappa shape index (κ3) is 5.11. The van der Waals surface area contributed by atoms with E-state index in [9.17, 15) is 9.59 Å². The summed E-state index contributed by atoms with van der Waals surface area (Å²) in [7, 11) is 0. The molecule has 3 aromatic rings. The zero-order valence-electron chi connectivity index (χ0n) is 17.8. The second-order valence-corrected chi connectivity index (χ2v) is 8.17. The Bertz CT molecular complexity index is 1150. The number of halogens is 1. The second-order valence-electron chi connectivity index (χ2n) is 7.31. The van der Waals surface area contributed by atoms with Crippen molar-refractivity contribution in [2.45, 2.75) is 33.8 Å². The molecule has 0 unspecified atom stereocenters. The van der Waals surface area contributed by atoms with Crippen LogP contribution in [0.5, 0.6) is 0 Å². The van der Waals surface area contributed by atoms with Crippen molar-refractivity contribution in [2.75, 3.05) is 0 Å². The summed E-state index contributed by atoms with van der Waals surface area (Å²) in [5.74, 6) is -0.673. The summed E-state index contributed by atoms with van der Waals surface area (Å²) in [5.41, 5.74) is 6.93. The summed E-state index contributed by atoms with van der Waals surface area (Å²) >= 11 is 3.36. The SMILES string of the molecule is Cc1cc(/C=N\NC(=O)c2ccccc2Br)c(C)n1-c1ccccc1C(=O)OC(C)C. The summed E-state index contributed by atoms with van der Waals surface area (Å²) in [6.45, 7) is 7.54. The Balaban J connectivity index is 1.87. The van der Waals surface area contributed by atoms with Crippen LogP contribution in [0.3, 0.4) is 0 Å². The molecule has 0 saturated carbocycles. The van der Waals surface area contributed by atoms with Crippen LogP contribution in [-0.2, 0) is 4.74 Å². The highest BCUT2D eigenvalue weighted by molar-refractivity contribution is 9.10. The topological polar surface area (TPSA) is 72.7 Å². The van der Waals surface area contributed by atoms with E-state index >= 15 is 0 Å². The first-order valence-electron chi connectivity index (χ1n) is 9.87. The molecule has 7 heteroatoms. The van der Waals surface area contributed by atoms with Crippen LogP contribution in [0.1, 0.15) is 51.5 Å². The fourth-order valence-electron chi connectivity index (χ4n) is 3.27. The van der Waals surface area contributed by atoms with E-state index < -0.39 is 0 Å². The molecule has 0 aliphatic carbocycles. The number of amides is 1. The van der Waals surface area contributed by atoms with E-state index in [2.05, 4.69) is 26.5 Å². The van der Waals surface area contributed by atoms with Gasteiger partial charge in [0.15, 0.2) is 0 Å². The van der Waals surface area contributed by atoms with Gasteiger partial charge in [0.25, 0.3) is 5.91 Å². The van der Waals surface area contributed by atoms with E-state index in [-0.39, 0.29) is 18.0 Å². The molecule has 6 nitrogen and oxygen atoms in total. The van der Waals surface area contributed by atoms with Crippen LogP contribution in [0, 0.1) is 13.8 Å². The minimum atomic E-state index is -0.367. The molecule has 2 aromatic carbocycles. The summed E-state index contributed by atoms with van der Waals surface area (Å²) in [6, 6.07) is 16.4. The number of aryl methyl sites for hydroxylation is 1. The Hall–Kier alpha value is -3.19. The first-order chi connectivity index (χ1) is 14.8. The lowest BCUT2D eigenvalue weighted by Gasteiger charge is -2.15. The molecule has 0 atom stereocenters. The van der Waals surface area contributed by atoms with Gasteiger partial charge in [-0.25, -0.2) is 10.2 Å². The van der Waals surface area contributed by atoms with Gasteiger partial charge in [-0.05, 0) is 74.0 Å². The minimum absolute atomic E-state index is 0.205. The lowest BCUT2D eigenvalue weighted by atomic mass is 10.1. The van der Waals surface area contributed by atoms with E-state index in [1.807, 2.05) is 62.6 Å². The Morgan fingerprint density at radius 1 is 1.06 bits per heavy atom. The zero-order valence-corrected chi connectivity index (χ0v) is 19.4. The third-order valence-corrected chi connectivity index (χ3v) is 5.36. The molecule has 160 valence electrons. The first-order valence-corrected chi connectivity index (χ1v) is 10.7. The number of rotatable bonds is 6. The van der Waals surface area contributed by atoms with Gasteiger partial charge in [0.2, 0.25) is 0 Å². The number of carbonyl (C=O) groups excluding carboxylic acids is 2. The first kappa shape index (κ1) is 22.5. The maximum Gasteiger partial charge on any atom is 0.340 e. The van der Waals surface area contributed by atoms with Crippen molar-refractivity contribution >= 4 is 34.0 Å². The van der Waals surface area contributed by atoms with Crippen molar-refractivity contribution in [3.63, 3.8) is 0 Å². The van der Waals surface area contributed by atoms with Crippen LogP contribution >= 0.6 is 15.9 Å². The van der Waals surface area contributed by atoms with Gasteiger partial charge in [-0.3, -0.25) is 4.79 Å². The molecule has 0 bridgehead atoms. The zero-order chi connectivity index (χ0) is 22.5. The highest BCUT2D eigenvalue weighted by Crippen LogP contribution is 2.24. The Kier molecular flexibility index (Phi) is 7.07. The van der Waals surface area contributed by atoms with Crippen LogP contribution < -0.4 is 5.43 Å². The fraction of sp³-hybridized carbons (Fsp3) is 0.208. The number of ether oxygens (including phenoxy) is 1. The molecule has 0 saturated heterocycles. The number of hydrogen-bond acceptors (Lipinski definition) is 4. The number of esters is 1. The summed E-state index contributed by atoms with van der Waals surface area (Å²) in [5, 5.41) is 4.11. The third-order valence-electron chi connectivity index (χ3n) is 4.67. The maximum atomic E-state index is 12.6. The van der Waals surface area contributed by atoms with Crippen LogP contribution in [0.2, 0.25) is 0 Å². The minimum Gasteiger partial charge on any atom is -0.459 e. The normalized spacial score (nSPS) is 11.2. The molecule has 1 N–H and O–H groups in total. The van der Waals surface area contributed by atoms with Gasteiger partial charge >= 0.3 is 5.97 Å². The van der Waals surface area contributed by atoms with Gasteiger partial charge in [-0.1, -0.05) is 24.3 Å². The van der Waals surface area contributed by atoms with Gasteiger partial charge in [0.05, 0.1) is 29.1 Å². The van der Waals surface area contributed by atoms with Crippen LogP contribution in [-0.4, -0.2) is 28.8 Å². The molecular formula is C24H24BrN3O3. The maximum absolute atomic E-state index is 12.6. The lowest BCUT2D eigenvalue weighted by Crippen LogP contribution is -2.18. The summed E-state index contributed by atoms with van der Waals surface area (Å²) in [4.78, 5) is 24.9. The predicted octanol–water partition coefficient (Wildman–Crippen LogP) is 5.19. The van der Waals surface area contributed by atoms with Gasteiger partial charge in [-0.2, -0.15) is 5.10 Å². The summed E-state index contributed by atoms with van der Waals surface area (Å²) < 4.78 is 8.08. The highest BCUT2D eigenvalue weighted by atomic mass is 79.9. The van der Waals surface area contributed by atoms with E-state index in [0.717, 1.165) is 22.6 Å². The molecule has 0 aliphatic heterocycles. The molecule has 0 spiro atoms. The van der Waals surface area contributed by atoms with Gasteiger partial charge in [-0.15, -0.1) is 0 Å². The number of para-hydroxylation sites is 1. The monoisotopic (exact) mass is 481 g/mol. The molecule has 1 amide bonds. The molecule has 0 radical (unpaired) electrons. The molecule has 3 rings (SSSR count). The fourth-order valence-corrected chi connectivity index (χ4v) is 3.74. The molecule has 1 aromatic heterocycles. The number of nitrogens with one attached hydrogen (secondary N) is 1. The number of hydrogen-bond donors (Lipinski definition) is 1. The van der Waals surface area contributed by atoms with Gasteiger partial charge in [0, 0.05) is 21.4 Å². The van der Waals surface area contributed by atoms with Crippen molar-refractivity contribution < 1.29 is 14.3 Å². The predicted molar refractivity (Wildman–Crippen MR) is 125 cm³/mol. The molecule has 0 fully saturated rings. The summed E-state index contributed by atoms with van der Waals surface area (Å²) in [6.07, 6.45) is 1.39. The quantitative estimate of drug-likeness (QED) is 0.299. The van der Waals surface area contributed by atoms with Crippen molar-refractivity contribution in [3.8, 4) is 5.69 Å². The van der Waals surface area contributed by atoms with E-state index in [0.29, 0.717) is 15.6 Å². The Labute approximate surface area is 190 Å². The number of benzene rings is 2. The Morgan fingerprint density at radius 3 is 2.39 bits per heavy atom. The van der Waals surface area contributed by atoms with Crippen LogP contribution in [0.15, 0.2) is 64.2 Å². The van der Waals surface area contributed by atoms with E-state index in [1.54, 1.807) is 30.5 Å². The van der Waals surface area contributed by atoms with Crippen molar-refractivity contribution in [1.82, 2.24) is 9.99 Å². The highest BCUT2D eigenvalue weighted by Gasteiger charge is 2.18. The smallest absolute Gasteiger partial charge is 0.340 e. The standard InChI is InChI=1S/C24H24BrN3O3/c1-15(2)31-24(30)20-10-6-8-12-22(20)28-16(3)13-18(17(28)4)14-26-27-23(29)19-9-5-7-11-21(19)25/h5-15H,1-4H3,(H,27,29)/b26-14-. The van der Waals surface area contributed by atoms with E-state index in [4.69, 9.17) is 4.74 Å². The van der Waals surface area contributed by atoms with Crippen molar-refractivity contribution in [3.05, 3.63) is 87.1 Å². The number of nitrogens with zero attached hydrogens (tertiary/aromatic N) is 2. The molecular weight excluding hydrogens is 458 g/mol. The van der Waals surface area contributed by atoms with Gasteiger partial charge < -0.3 is 9.30 Å². The van der Waals surface area contributed by atoms with Crippen molar-refractivity contribution in [2.24, 2.45) is 5.10 Å². The van der Waals surface area contributed by atoms with Crippen LogP contribution in [0.25, 0.3) is 5.69 Å². The molecule has 0 aliphatic rings. The largest absolute Gasteiger partial charge is 0.459 e. The van der Waals surface area contributed by atoms with E-state index in [1.165, 1.54) is 0 Å². The second kappa shape index (κ2) is 9.75. The van der Waals surface area contributed by atoms with Crippen molar-refractivity contribution in [1.29, 1.82) is 0 Å². The Morgan fingerprint density at radius 2 is 1.71 bits per heavy atom. The average Bonchev–Trinajstić information content (AvgIpc) is 3.00. The molecule has 1 heterocycles.